The van der Waals surface area contributed by atoms with Crippen molar-refractivity contribution in [1.82, 2.24) is 0 Å². The monoisotopic (exact) mass is 280 g/mol. The van der Waals surface area contributed by atoms with Gasteiger partial charge in [-0.05, 0) is 30.5 Å². The van der Waals surface area contributed by atoms with Gasteiger partial charge in [-0.1, -0.05) is 30.6 Å². The summed E-state index contributed by atoms with van der Waals surface area (Å²) in [5.74, 6) is 0.396. The molecule has 1 heterocycles. The number of benzene rings is 1. The number of carbonyl (C=O) groups excluding carboxylic acids is 1. The van der Waals surface area contributed by atoms with E-state index < -0.39 is 6.04 Å². The average Bonchev–Trinajstić information content (AvgIpc) is 2.36. The number of hydrogen-bond donors (Lipinski definition) is 0. The summed E-state index contributed by atoms with van der Waals surface area (Å²) in [4.78, 5) is 24.9. The fraction of sp³-hybridized carbons (Fsp3) is 0.500. The summed E-state index contributed by atoms with van der Waals surface area (Å²) in [5.41, 5.74) is 1.52. The van der Waals surface area contributed by atoms with Gasteiger partial charge in [-0.15, -0.1) is 0 Å². The van der Waals surface area contributed by atoms with Crippen molar-refractivity contribution in [3.63, 3.8) is 0 Å². The Bertz CT molecular complexity index is 502. The topological polar surface area (TPSA) is 49.7 Å². The van der Waals surface area contributed by atoms with Gasteiger partial charge in [-0.25, -0.2) is 0 Å². The predicted octanol–water partition coefficient (Wildman–Crippen LogP) is 3.93. The maximum absolute atomic E-state index is 12.2. The van der Waals surface area contributed by atoms with E-state index in [1.165, 1.54) is 0 Å². The first kappa shape index (κ1) is 14.0. The third-order valence-electron chi connectivity index (χ3n) is 3.28. The van der Waals surface area contributed by atoms with Gasteiger partial charge in [-0.2, -0.15) is 4.91 Å². The van der Waals surface area contributed by atoms with Crippen molar-refractivity contribution in [3.05, 3.63) is 33.7 Å². The van der Waals surface area contributed by atoms with Crippen LogP contribution < -0.4 is 4.90 Å². The molecule has 0 fully saturated rings. The van der Waals surface area contributed by atoms with Crippen LogP contribution in [-0.2, 0) is 4.79 Å². The normalized spacial score (nSPS) is 18.3. The van der Waals surface area contributed by atoms with Crippen molar-refractivity contribution in [2.75, 3.05) is 11.4 Å². The Balaban J connectivity index is 2.35. The SMILES string of the molecule is CC(C)CC(=O)N1CCC(N=O)c2cc(Cl)ccc21. The van der Waals surface area contributed by atoms with Gasteiger partial charge in [0.05, 0.1) is 0 Å². The van der Waals surface area contributed by atoms with Crippen LogP contribution in [0.1, 0.15) is 38.3 Å². The predicted molar refractivity (Wildman–Crippen MR) is 76.4 cm³/mol. The van der Waals surface area contributed by atoms with Crippen molar-refractivity contribution in [3.8, 4) is 0 Å². The van der Waals surface area contributed by atoms with Crippen LogP contribution in [-0.4, -0.2) is 12.5 Å². The Morgan fingerprint density at radius 2 is 2.26 bits per heavy atom. The van der Waals surface area contributed by atoms with Crippen LogP contribution in [0.25, 0.3) is 0 Å². The number of rotatable bonds is 3. The molecule has 1 aliphatic heterocycles. The third-order valence-corrected chi connectivity index (χ3v) is 3.51. The lowest BCUT2D eigenvalue weighted by molar-refractivity contribution is -0.119. The number of carbonyl (C=O) groups is 1. The van der Waals surface area contributed by atoms with Gasteiger partial charge < -0.3 is 4.90 Å². The number of nitroso groups, excluding NO2 is 1. The molecule has 5 heteroatoms. The molecule has 1 aromatic carbocycles. The Hall–Kier alpha value is -1.42. The number of nitrogens with zero attached hydrogens (tertiary/aromatic N) is 2. The van der Waals surface area contributed by atoms with Crippen molar-refractivity contribution in [2.24, 2.45) is 11.1 Å². The molecule has 0 aromatic heterocycles. The quantitative estimate of drug-likeness (QED) is 0.788. The van der Waals surface area contributed by atoms with Gasteiger partial charge in [0.1, 0.15) is 6.04 Å². The van der Waals surface area contributed by atoms with Gasteiger partial charge in [0.25, 0.3) is 0 Å². The molecule has 0 radical (unpaired) electrons. The Morgan fingerprint density at radius 1 is 1.53 bits per heavy atom. The van der Waals surface area contributed by atoms with Crippen LogP contribution in [0.3, 0.4) is 0 Å². The molecule has 1 aromatic rings. The van der Waals surface area contributed by atoms with Crippen LogP contribution in [0.4, 0.5) is 5.69 Å². The molecule has 4 nitrogen and oxygen atoms in total. The van der Waals surface area contributed by atoms with E-state index in [-0.39, 0.29) is 5.91 Å². The molecule has 0 spiro atoms. The number of halogens is 1. The van der Waals surface area contributed by atoms with Gasteiger partial charge in [0.15, 0.2) is 0 Å². The summed E-state index contributed by atoms with van der Waals surface area (Å²) < 4.78 is 0. The van der Waals surface area contributed by atoms with Crippen molar-refractivity contribution in [2.45, 2.75) is 32.7 Å². The lowest BCUT2D eigenvalue weighted by Gasteiger charge is -2.32. The van der Waals surface area contributed by atoms with E-state index >= 15 is 0 Å². The van der Waals surface area contributed by atoms with Crippen LogP contribution in [0.5, 0.6) is 0 Å². The van der Waals surface area contributed by atoms with Crippen LogP contribution >= 0.6 is 11.6 Å². The average molecular weight is 281 g/mol. The first-order valence-corrected chi connectivity index (χ1v) is 6.83. The molecule has 1 amide bonds. The van der Waals surface area contributed by atoms with Crippen molar-refractivity contribution >= 4 is 23.2 Å². The molecule has 102 valence electrons. The fourth-order valence-electron chi connectivity index (χ4n) is 2.39. The van der Waals surface area contributed by atoms with E-state index in [0.29, 0.717) is 30.3 Å². The summed E-state index contributed by atoms with van der Waals surface area (Å²) in [5, 5.41) is 3.70. The van der Waals surface area contributed by atoms with Crippen LogP contribution in [0.15, 0.2) is 23.4 Å². The molecule has 1 atom stereocenters. The number of fused-ring (bicyclic) bond motifs is 1. The second-order valence-electron chi connectivity index (χ2n) is 5.26. The smallest absolute Gasteiger partial charge is 0.227 e. The minimum atomic E-state index is -0.406. The number of hydrogen-bond acceptors (Lipinski definition) is 3. The molecule has 0 aliphatic carbocycles. The van der Waals surface area contributed by atoms with Crippen LogP contribution in [0, 0.1) is 10.8 Å². The molecule has 0 N–H and O–H groups in total. The molecular formula is C14H17ClN2O2. The molecule has 1 unspecified atom stereocenters. The zero-order valence-electron chi connectivity index (χ0n) is 11.1. The summed E-state index contributed by atoms with van der Waals surface area (Å²) in [7, 11) is 0. The van der Waals surface area contributed by atoms with Gasteiger partial charge in [0.2, 0.25) is 5.91 Å². The highest BCUT2D eigenvalue weighted by Crippen LogP contribution is 2.38. The molecule has 1 aliphatic rings. The third kappa shape index (κ3) is 2.95. The molecular weight excluding hydrogens is 264 g/mol. The fourth-order valence-corrected chi connectivity index (χ4v) is 2.57. The summed E-state index contributed by atoms with van der Waals surface area (Å²) in [6.45, 7) is 4.57. The Morgan fingerprint density at radius 3 is 2.89 bits per heavy atom. The lowest BCUT2D eigenvalue weighted by Crippen LogP contribution is -2.37. The second kappa shape index (κ2) is 5.70. The van der Waals surface area contributed by atoms with Crippen LogP contribution in [0.2, 0.25) is 5.02 Å². The molecule has 0 saturated carbocycles. The maximum Gasteiger partial charge on any atom is 0.227 e. The van der Waals surface area contributed by atoms with E-state index in [2.05, 4.69) is 5.18 Å². The summed E-state index contributed by atoms with van der Waals surface area (Å²) in [6, 6.07) is 4.87. The molecule has 2 rings (SSSR count). The molecule has 19 heavy (non-hydrogen) atoms. The van der Waals surface area contributed by atoms with Gasteiger partial charge >= 0.3 is 0 Å². The first-order valence-electron chi connectivity index (χ1n) is 6.45. The largest absolute Gasteiger partial charge is 0.312 e. The summed E-state index contributed by atoms with van der Waals surface area (Å²) in [6.07, 6.45) is 1.06. The molecule has 0 bridgehead atoms. The second-order valence-corrected chi connectivity index (χ2v) is 5.69. The van der Waals surface area contributed by atoms with E-state index in [1.54, 1.807) is 23.1 Å². The lowest BCUT2D eigenvalue weighted by atomic mass is 9.96. The highest BCUT2D eigenvalue weighted by molar-refractivity contribution is 6.30. The highest BCUT2D eigenvalue weighted by atomic mass is 35.5. The number of anilines is 1. The van der Waals surface area contributed by atoms with E-state index in [9.17, 15) is 9.70 Å². The standard InChI is InChI=1S/C14H17ClN2O2/c1-9(2)7-14(18)17-6-5-12(16-19)11-8-10(15)3-4-13(11)17/h3-4,8-9,12H,5-7H2,1-2H3. The summed E-state index contributed by atoms with van der Waals surface area (Å²) >= 11 is 5.96. The minimum Gasteiger partial charge on any atom is -0.312 e. The van der Waals surface area contributed by atoms with Gasteiger partial charge in [0, 0.05) is 29.2 Å². The molecule has 0 saturated heterocycles. The Kier molecular flexibility index (Phi) is 4.20. The first-order chi connectivity index (χ1) is 9.02. The van der Waals surface area contributed by atoms with Gasteiger partial charge in [-0.3, -0.25) is 4.79 Å². The number of amides is 1. The van der Waals surface area contributed by atoms with Crippen molar-refractivity contribution in [1.29, 1.82) is 0 Å². The maximum atomic E-state index is 12.2. The minimum absolute atomic E-state index is 0.0860. The Labute approximate surface area is 117 Å². The van der Waals surface area contributed by atoms with E-state index in [4.69, 9.17) is 11.6 Å². The van der Waals surface area contributed by atoms with E-state index in [1.807, 2.05) is 13.8 Å². The highest BCUT2D eigenvalue weighted by Gasteiger charge is 2.29. The van der Waals surface area contributed by atoms with E-state index in [0.717, 1.165) is 11.3 Å². The zero-order valence-corrected chi connectivity index (χ0v) is 11.9. The zero-order chi connectivity index (χ0) is 14.0. The van der Waals surface area contributed by atoms with Crippen molar-refractivity contribution < 1.29 is 4.79 Å².